The number of para-hydroxylation sites is 1. The van der Waals surface area contributed by atoms with Gasteiger partial charge in [0.2, 0.25) is 5.91 Å². The number of amides is 3. The van der Waals surface area contributed by atoms with Crippen LogP contribution in [0.5, 0.6) is 0 Å². The van der Waals surface area contributed by atoms with Gasteiger partial charge >= 0.3 is 0 Å². The van der Waals surface area contributed by atoms with E-state index >= 15 is 0 Å². The van der Waals surface area contributed by atoms with E-state index in [1.165, 1.54) is 55.6 Å². The highest BCUT2D eigenvalue weighted by Crippen LogP contribution is 2.34. The summed E-state index contributed by atoms with van der Waals surface area (Å²) in [5.74, 6) is -0.337. The van der Waals surface area contributed by atoms with Crippen LogP contribution in [0.25, 0.3) is 21.3 Å². The zero-order chi connectivity index (χ0) is 40.2. The molecule has 298 valence electrons. The SMILES string of the molecule is Cc1c(-c2ccc(N3CCc4cccc(C(=O)Nc5nc6ccccc6s5)c4C3)nc2C(=O)NSc2cc(F)cc(CCCC(N)=O)c2)cnn1CC1CCCCC1. The number of primary amides is 1. The molecular formula is C44H45FN8O3S2. The van der Waals surface area contributed by atoms with Gasteiger partial charge in [0.25, 0.3) is 11.8 Å². The van der Waals surface area contributed by atoms with Gasteiger partial charge in [-0.1, -0.05) is 54.9 Å². The molecule has 2 aliphatic rings. The molecule has 14 heteroatoms. The van der Waals surface area contributed by atoms with E-state index in [-0.39, 0.29) is 18.0 Å². The van der Waals surface area contributed by atoms with Gasteiger partial charge in [-0.2, -0.15) is 5.10 Å². The van der Waals surface area contributed by atoms with E-state index in [2.05, 4.69) is 26.0 Å². The molecule has 1 saturated carbocycles. The first kappa shape index (κ1) is 39.2. The molecule has 1 fully saturated rings. The molecule has 3 aromatic heterocycles. The summed E-state index contributed by atoms with van der Waals surface area (Å²) in [7, 11) is 0. The number of hydrogen-bond donors (Lipinski definition) is 3. The molecule has 8 rings (SSSR count). The Kier molecular flexibility index (Phi) is 11.8. The summed E-state index contributed by atoms with van der Waals surface area (Å²) in [5, 5.41) is 8.32. The number of pyridine rings is 1. The zero-order valence-electron chi connectivity index (χ0n) is 32.3. The van der Waals surface area contributed by atoms with Crippen LogP contribution >= 0.6 is 23.3 Å². The molecular weight excluding hydrogens is 772 g/mol. The van der Waals surface area contributed by atoms with Crippen molar-refractivity contribution in [3.05, 3.63) is 118 Å². The first-order valence-electron chi connectivity index (χ1n) is 19.8. The van der Waals surface area contributed by atoms with Crippen LogP contribution < -0.4 is 20.7 Å². The molecule has 4 heterocycles. The Morgan fingerprint density at radius 3 is 2.64 bits per heavy atom. The number of carbonyl (C=O) groups is 3. The Morgan fingerprint density at radius 2 is 1.81 bits per heavy atom. The summed E-state index contributed by atoms with van der Waals surface area (Å²) >= 11 is 2.45. The highest BCUT2D eigenvalue weighted by atomic mass is 32.2. The Bertz CT molecular complexity index is 2460. The van der Waals surface area contributed by atoms with Gasteiger partial charge in [0.1, 0.15) is 17.3 Å². The van der Waals surface area contributed by atoms with Gasteiger partial charge < -0.3 is 10.6 Å². The molecule has 58 heavy (non-hydrogen) atoms. The number of nitrogens with two attached hydrogens (primary N) is 1. The third-order valence-electron chi connectivity index (χ3n) is 11.1. The van der Waals surface area contributed by atoms with Gasteiger partial charge in [0.05, 0.1) is 16.4 Å². The lowest BCUT2D eigenvalue weighted by Gasteiger charge is -2.31. The van der Waals surface area contributed by atoms with Crippen molar-refractivity contribution >= 4 is 62.2 Å². The summed E-state index contributed by atoms with van der Waals surface area (Å²) in [4.78, 5) is 51.4. The number of nitrogens with one attached hydrogen (secondary N) is 2. The molecule has 0 bridgehead atoms. The van der Waals surface area contributed by atoms with Gasteiger partial charge in [-0.05, 0) is 122 Å². The van der Waals surface area contributed by atoms with Gasteiger partial charge in [-0.3, -0.25) is 29.1 Å². The lowest BCUT2D eigenvalue weighted by Crippen LogP contribution is -2.33. The number of hydrogen-bond acceptors (Lipinski definition) is 9. The van der Waals surface area contributed by atoms with Gasteiger partial charge in [-0.25, -0.2) is 14.4 Å². The van der Waals surface area contributed by atoms with Crippen molar-refractivity contribution in [1.82, 2.24) is 24.5 Å². The van der Waals surface area contributed by atoms with Crippen LogP contribution in [0.1, 0.15) is 88.2 Å². The minimum atomic E-state index is -0.436. The van der Waals surface area contributed by atoms with Gasteiger partial charge in [-0.15, -0.1) is 0 Å². The highest BCUT2D eigenvalue weighted by molar-refractivity contribution is 7.98. The minimum absolute atomic E-state index is 0.207. The predicted octanol–water partition coefficient (Wildman–Crippen LogP) is 8.64. The molecule has 0 unspecified atom stereocenters. The Balaban J connectivity index is 1.07. The molecule has 0 radical (unpaired) electrons. The normalized spacial score (nSPS) is 14.3. The number of anilines is 2. The summed E-state index contributed by atoms with van der Waals surface area (Å²) < 4.78 is 20.6. The molecule has 11 nitrogen and oxygen atoms in total. The molecule has 1 aliphatic heterocycles. The number of fused-ring (bicyclic) bond motifs is 2. The fourth-order valence-electron chi connectivity index (χ4n) is 8.05. The fraction of sp³-hybridized carbons (Fsp3) is 0.318. The van der Waals surface area contributed by atoms with Crippen molar-refractivity contribution < 1.29 is 18.8 Å². The van der Waals surface area contributed by atoms with Crippen molar-refractivity contribution in [2.24, 2.45) is 11.7 Å². The van der Waals surface area contributed by atoms with Gasteiger partial charge in [0.15, 0.2) is 5.13 Å². The molecule has 6 aromatic rings. The highest BCUT2D eigenvalue weighted by Gasteiger charge is 2.27. The van der Waals surface area contributed by atoms with E-state index in [4.69, 9.17) is 15.8 Å². The number of thiazole rings is 1. The average Bonchev–Trinajstić information content (AvgIpc) is 3.81. The van der Waals surface area contributed by atoms with Crippen molar-refractivity contribution in [3.8, 4) is 11.1 Å². The zero-order valence-corrected chi connectivity index (χ0v) is 33.9. The van der Waals surface area contributed by atoms with Crippen LogP contribution in [0.4, 0.5) is 15.3 Å². The Hall–Kier alpha value is -5.60. The van der Waals surface area contributed by atoms with E-state index in [1.807, 2.05) is 66.3 Å². The second-order valence-corrected chi connectivity index (χ2v) is 17.0. The average molecular weight is 817 g/mol. The molecule has 0 spiro atoms. The lowest BCUT2D eigenvalue weighted by atomic mass is 9.89. The van der Waals surface area contributed by atoms with Crippen molar-refractivity contribution in [2.45, 2.75) is 82.7 Å². The van der Waals surface area contributed by atoms with Crippen LogP contribution in [-0.2, 0) is 30.7 Å². The maximum absolute atomic E-state index is 14.7. The van der Waals surface area contributed by atoms with Crippen LogP contribution in [0, 0.1) is 18.7 Å². The quantitative estimate of drug-likeness (QED) is 0.0982. The number of carbonyl (C=O) groups excluding carboxylic acids is 3. The maximum atomic E-state index is 14.7. The molecule has 4 N–H and O–H groups in total. The number of nitrogens with zero attached hydrogens (tertiary/aromatic N) is 5. The second-order valence-electron chi connectivity index (χ2n) is 15.1. The summed E-state index contributed by atoms with van der Waals surface area (Å²) in [6, 6.07) is 22.0. The summed E-state index contributed by atoms with van der Waals surface area (Å²) in [5.41, 5.74) is 12.0. The van der Waals surface area contributed by atoms with E-state index in [0.717, 1.165) is 51.1 Å². The van der Waals surface area contributed by atoms with Crippen LogP contribution in [0.2, 0.25) is 0 Å². The number of aromatic nitrogens is 4. The van der Waals surface area contributed by atoms with Crippen LogP contribution in [0.3, 0.4) is 0 Å². The number of halogens is 1. The largest absolute Gasteiger partial charge is 0.370 e. The smallest absolute Gasteiger partial charge is 0.280 e. The summed E-state index contributed by atoms with van der Waals surface area (Å²) in [6.07, 6.45) is 9.82. The Morgan fingerprint density at radius 1 is 0.966 bits per heavy atom. The monoisotopic (exact) mass is 816 g/mol. The topological polar surface area (TPSA) is 148 Å². The number of aryl methyl sites for hydroxylation is 1. The fourth-order valence-corrected chi connectivity index (χ4v) is 9.60. The number of benzene rings is 3. The van der Waals surface area contributed by atoms with E-state index < -0.39 is 17.6 Å². The standard InChI is InChI=1S/C44H45FN8O3S2/c1-27-35(24-47-53(27)25-28-9-3-2-4-10-28)33-17-18-40(49-41(33)43(56)51-58-32-22-29(21-31(45)23-32)11-7-16-39(46)54)52-20-19-30-12-8-13-34(36(30)26-52)42(55)50-44-48-37-14-5-6-15-38(37)57-44/h5-6,8,12-15,17-18,21-24,28H,2-4,7,9-11,16,19-20,25-26H2,1H3,(H2,46,54)(H,51,56)(H,48,50,55). The van der Waals surface area contributed by atoms with Crippen molar-refractivity contribution in [2.75, 3.05) is 16.8 Å². The van der Waals surface area contributed by atoms with E-state index in [9.17, 15) is 18.8 Å². The minimum Gasteiger partial charge on any atom is -0.370 e. The van der Waals surface area contributed by atoms with Crippen LogP contribution in [-0.4, -0.2) is 44.0 Å². The van der Waals surface area contributed by atoms with Gasteiger partial charge in [0, 0.05) is 53.3 Å². The molecule has 3 amide bonds. The molecule has 0 saturated heterocycles. The van der Waals surface area contributed by atoms with Crippen LogP contribution in [0.15, 0.2) is 83.9 Å². The molecule has 3 aromatic carbocycles. The predicted molar refractivity (Wildman–Crippen MR) is 227 cm³/mol. The van der Waals surface area contributed by atoms with E-state index in [0.29, 0.717) is 70.8 Å². The number of rotatable bonds is 13. The maximum Gasteiger partial charge on any atom is 0.280 e. The third-order valence-corrected chi connectivity index (χ3v) is 12.8. The first-order valence-corrected chi connectivity index (χ1v) is 21.4. The van der Waals surface area contributed by atoms with Crippen molar-refractivity contribution in [1.29, 1.82) is 0 Å². The van der Waals surface area contributed by atoms with Crippen molar-refractivity contribution in [3.63, 3.8) is 0 Å². The molecule has 0 atom stereocenters. The lowest BCUT2D eigenvalue weighted by molar-refractivity contribution is -0.118. The second kappa shape index (κ2) is 17.5. The molecule has 1 aliphatic carbocycles. The first-order chi connectivity index (χ1) is 28.2. The third kappa shape index (κ3) is 8.92. The van der Waals surface area contributed by atoms with E-state index in [1.54, 1.807) is 6.07 Å². The summed E-state index contributed by atoms with van der Waals surface area (Å²) in [6.45, 7) is 3.92. The Labute approximate surface area is 344 Å².